The van der Waals surface area contributed by atoms with Crippen molar-refractivity contribution in [2.45, 2.75) is 19.8 Å². The van der Waals surface area contributed by atoms with Gasteiger partial charge in [0.1, 0.15) is 0 Å². The van der Waals surface area contributed by atoms with E-state index in [0.717, 1.165) is 6.42 Å². The maximum absolute atomic E-state index is 10.9. The third kappa shape index (κ3) is 3.36. The molecule has 0 aromatic carbocycles. The summed E-state index contributed by atoms with van der Waals surface area (Å²) in [6.07, 6.45) is 10.6. The van der Waals surface area contributed by atoms with Crippen LogP contribution >= 0.6 is 0 Å². The SMILES string of the molecule is CC1(C=C(CCO)C(=O)O)C=CC=CC1. The highest BCUT2D eigenvalue weighted by Gasteiger charge is 2.20. The molecule has 0 fully saturated rings. The molecule has 0 saturated carbocycles. The lowest BCUT2D eigenvalue weighted by Crippen LogP contribution is -2.14. The molecule has 82 valence electrons. The van der Waals surface area contributed by atoms with E-state index in [1.807, 2.05) is 31.2 Å². The molecule has 2 N–H and O–H groups in total. The fourth-order valence-electron chi connectivity index (χ4n) is 1.61. The van der Waals surface area contributed by atoms with Crippen molar-refractivity contribution in [2.75, 3.05) is 6.61 Å². The molecule has 0 heterocycles. The molecule has 0 aliphatic heterocycles. The van der Waals surface area contributed by atoms with Gasteiger partial charge in [-0.1, -0.05) is 37.3 Å². The van der Waals surface area contributed by atoms with Crippen molar-refractivity contribution < 1.29 is 15.0 Å². The standard InChI is InChI=1S/C12H16O3/c1-12(6-3-2-4-7-12)9-10(5-8-13)11(14)15/h2-4,6,9,13H,5,7-8H2,1H3,(H,14,15). The van der Waals surface area contributed by atoms with E-state index in [1.165, 1.54) is 0 Å². The number of aliphatic hydroxyl groups is 1. The molecule has 0 amide bonds. The van der Waals surface area contributed by atoms with Gasteiger partial charge in [0.05, 0.1) is 0 Å². The van der Waals surface area contributed by atoms with Gasteiger partial charge in [-0.15, -0.1) is 0 Å². The van der Waals surface area contributed by atoms with E-state index in [1.54, 1.807) is 6.08 Å². The second-order valence-electron chi connectivity index (χ2n) is 3.95. The molecule has 3 heteroatoms. The summed E-state index contributed by atoms with van der Waals surface area (Å²) in [6, 6.07) is 0. The molecule has 15 heavy (non-hydrogen) atoms. The highest BCUT2D eigenvalue weighted by atomic mass is 16.4. The first kappa shape index (κ1) is 11.7. The van der Waals surface area contributed by atoms with E-state index >= 15 is 0 Å². The van der Waals surface area contributed by atoms with Crippen molar-refractivity contribution in [2.24, 2.45) is 5.41 Å². The van der Waals surface area contributed by atoms with Crippen LogP contribution in [0.5, 0.6) is 0 Å². The molecule has 1 aliphatic carbocycles. The maximum Gasteiger partial charge on any atom is 0.331 e. The Balaban J connectivity index is 2.86. The van der Waals surface area contributed by atoms with Crippen molar-refractivity contribution in [3.8, 4) is 0 Å². The fraction of sp³-hybridized carbons (Fsp3) is 0.417. The predicted molar refractivity (Wildman–Crippen MR) is 58.4 cm³/mol. The van der Waals surface area contributed by atoms with Crippen molar-refractivity contribution in [1.82, 2.24) is 0 Å². The molecule has 1 atom stereocenters. The van der Waals surface area contributed by atoms with Gasteiger partial charge < -0.3 is 10.2 Å². The van der Waals surface area contributed by atoms with E-state index in [-0.39, 0.29) is 24.0 Å². The van der Waals surface area contributed by atoms with E-state index in [0.29, 0.717) is 0 Å². The zero-order valence-corrected chi connectivity index (χ0v) is 8.81. The van der Waals surface area contributed by atoms with Crippen LogP contribution in [0.1, 0.15) is 19.8 Å². The highest BCUT2D eigenvalue weighted by molar-refractivity contribution is 5.86. The first-order valence-corrected chi connectivity index (χ1v) is 4.98. The van der Waals surface area contributed by atoms with Crippen LogP contribution in [0.25, 0.3) is 0 Å². The van der Waals surface area contributed by atoms with Gasteiger partial charge in [-0.2, -0.15) is 0 Å². The number of carboxylic acid groups (broad SMARTS) is 1. The second-order valence-corrected chi connectivity index (χ2v) is 3.95. The van der Waals surface area contributed by atoms with Crippen molar-refractivity contribution in [3.63, 3.8) is 0 Å². The summed E-state index contributed by atoms with van der Waals surface area (Å²) in [5, 5.41) is 17.7. The van der Waals surface area contributed by atoms with Crippen LogP contribution in [-0.4, -0.2) is 22.8 Å². The monoisotopic (exact) mass is 208 g/mol. The quantitative estimate of drug-likeness (QED) is 0.694. The number of rotatable bonds is 4. The number of aliphatic hydroxyl groups excluding tert-OH is 1. The molecular formula is C12H16O3. The summed E-state index contributed by atoms with van der Waals surface area (Å²) in [5.74, 6) is -0.951. The highest BCUT2D eigenvalue weighted by Crippen LogP contribution is 2.30. The van der Waals surface area contributed by atoms with Crippen LogP contribution in [0.2, 0.25) is 0 Å². The Morgan fingerprint density at radius 2 is 2.27 bits per heavy atom. The molecule has 0 aromatic rings. The van der Waals surface area contributed by atoms with E-state index in [4.69, 9.17) is 10.2 Å². The Morgan fingerprint density at radius 1 is 1.53 bits per heavy atom. The van der Waals surface area contributed by atoms with Gasteiger partial charge in [0.15, 0.2) is 0 Å². The molecule has 0 bridgehead atoms. The average molecular weight is 208 g/mol. The third-order valence-corrected chi connectivity index (χ3v) is 2.44. The Labute approximate surface area is 89.4 Å². The third-order valence-electron chi connectivity index (χ3n) is 2.44. The molecular weight excluding hydrogens is 192 g/mol. The Kier molecular flexibility index (Phi) is 3.86. The number of carboxylic acids is 1. The second kappa shape index (κ2) is 4.94. The zero-order valence-electron chi connectivity index (χ0n) is 8.81. The lowest BCUT2D eigenvalue weighted by atomic mass is 9.82. The largest absolute Gasteiger partial charge is 0.478 e. The predicted octanol–water partition coefficient (Wildman–Crippen LogP) is 1.90. The molecule has 3 nitrogen and oxygen atoms in total. The number of hydrogen-bond donors (Lipinski definition) is 2. The molecule has 0 radical (unpaired) electrons. The van der Waals surface area contributed by atoms with E-state index in [9.17, 15) is 4.79 Å². The first-order valence-electron chi connectivity index (χ1n) is 4.98. The molecule has 0 saturated heterocycles. The number of aliphatic carboxylic acids is 1. The van der Waals surface area contributed by atoms with Gasteiger partial charge in [0.2, 0.25) is 0 Å². The van der Waals surface area contributed by atoms with Crippen LogP contribution in [0.15, 0.2) is 36.0 Å². The topological polar surface area (TPSA) is 57.5 Å². The van der Waals surface area contributed by atoms with Crippen molar-refractivity contribution in [3.05, 3.63) is 36.0 Å². The van der Waals surface area contributed by atoms with Gasteiger partial charge in [0.25, 0.3) is 0 Å². The zero-order chi connectivity index (χ0) is 11.3. The Hall–Kier alpha value is -1.35. The van der Waals surface area contributed by atoms with Crippen molar-refractivity contribution in [1.29, 1.82) is 0 Å². The number of carbonyl (C=O) groups is 1. The van der Waals surface area contributed by atoms with Gasteiger partial charge >= 0.3 is 5.97 Å². The fourth-order valence-corrected chi connectivity index (χ4v) is 1.61. The number of hydrogen-bond acceptors (Lipinski definition) is 2. The minimum Gasteiger partial charge on any atom is -0.478 e. The molecule has 0 spiro atoms. The summed E-state index contributed by atoms with van der Waals surface area (Å²) in [5.41, 5.74) is 0.0393. The minimum atomic E-state index is -0.951. The van der Waals surface area contributed by atoms with Crippen LogP contribution in [0.3, 0.4) is 0 Å². The maximum atomic E-state index is 10.9. The van der Waals surface area contributed by atoms with Crippen LogP contribution in [0, 0.1) is 5.41 Å². The van der Waals surface area contributed by atoms with Gasteiger partial charge in [0, 0.05) is 24.0 Å². The molecule has 1 aliphatic rings. The lowest BCUT2D eigenvalue weighted by Gasteiger charge is -2.23. The Morgan fingerprint density at radius 3 is 2.73 bits per heavy atom. The summed E-state index contributed by atoms with van der Waals surface area (Å²) in [4.78, 5) is 10.9. The Bertz CT molecular complexity index is 326. The van der Waals surface area contributed by atoms with E-state index < -0.39 is 5.97 Å². The van der Waals surface area contributed by atoms with Crippen LogP contribution in [0.4, 0.5) is 0 Å². The summed E-state index contributed by atoms with van der Waals surface area (Å²) in [7, 11) is 0. The average Bonchev–Trinajstić information content (AvgIpc) is 2.18. The first-order chi connectivity index (χ1) is 7.07. The summed E-state index contributed by atoms with van der Waals surface area (Å²) >= 11 is 0. The molecule has 1 rings (SSSR count). The van der Waals surface area contributed by atoms with E-state index in [2.05, 4.69) is 0 Å². The van der Waals surface area contributed by atoms with Crippen molar-refractivity contribution >= 4 is 5.97 Å². The summed E-state index contributed by atoms with van der Waals surface area (Å²) in [6.45, 7) is 1.85. The smallest absolute Gasteiger partial charge is 0.331 e. The normalized spacial score (nSPS) is 25.6. The van der Waals surface area contributed by atoms with Crippen LogP contribution < -0.4 is 0 Å². The molecule has 0 aromatic heterocycles. The van der Waals surface area contributed by atoms with Gasteiger partial charge in [-0.05, 0) is 6.42 Å². The number of allylic oxidation sites excluding steroid dienone is 5. The van der Waals surface area contributed by atoms with Gasteiger partial charge in [-0.25, -0.2) is 4.79 Å². The van der Waals surface area contributed by atoms with Gasteiger partial charge in [-0.3, -0.25) is 0 Å². The minimum absolute atomic E-state index is 0.131. The van der Waals surface area contributed by atoms with Crippen LogP contribution in [-0.2, 0) is 4.79 Å². The summed E-state index contributed by atoms with van der Waals surface area (Å²) < 4.78 is 0. The molecule has 1 unspecified atom stereocenters. The lowest BCUT2D eigenvalue weighted by molar-refractivity contribution is -0.133.